The van der Waals surface area contributed by atoms with Gasteiger partial charge in [-0.2, -0.15) is 0 Å². The average Bonchev–Trinajstić information content (AvgIpc) is 3.35. The molecule has 2 heterocycles. The molecule has 0 saturated carbocycles. The molecule has 1 radical (unpaired) electrons. The number of benzene rings is 5. The van der Waals surface area contributed by atoms with E-state index in [-0.39, 0.29) is 30.9 Å². The smallest absolute Gasteiger partial charge is 0.0167 e. The zero-order chi connectivity index (χ0) is 32.6. The van der Waals surface area contributed by atoms with Crippen LogP contribution in [0.4, 0.5) is 0 Å². The van der Waals surface area contributed by atoms with E-state index in [2.05, 4.69) is 155 Å². The standard InChI is InChI=1S/C24H18N.C21H20N.Ir/c1-24(2)20-13-12-16-8-6-7-11-18(16)21(20)19-14-15-25-23(22(19)24)17-9-4-3-5-10-17;1-21(2,3)19-12-13-22-20(15-19)18-11-7-10-17(14-18)16-8-5-4-6-9-16;/h3-9,11-15H,1-2H3;4-10,12-15H,1-3H3;/q2*-1;. The van der Waals surface area contributed by atoms with Crippen LogP contribution in [0.25, 0.3) is 55.5 Å². The Hall–Kier alpha value is -4.69. The molecule has 0 fully saturated rings. The second-order valence-electron chi connectivity index (χ2n) is 13.7. The monoisotopic (exact) mass is 799 g/mol. The SMILES string of the molecule is CC(C)(C)c1ccnc(-c2[c-]ccc(-c3ccccc3)c2)c1.CC1(C)c2ccc3ccccc3c2-c2ccnc(-c3[c-]cccc3)c21.[Ir]. The van der Waals surface area contributed by atoms with Gasteiger partial charge in [-0.25, -0.2) is 0 Å². The molecule has 3 heteroatoms. The van der Waals surface area contributed by atoms with Gasteiger partial charge >= 0.3 is 0 Å². The Kier molecular flexibility index (Phi) is 9.30. The van der Waals surface area contributed by atoms with Gasteiger partial charge in [0.25, 0.3) is 0 Å². The third-order valence-electron chi connectivity index (χ3n) is 9.22. The summed E-state index contributed by atoms with van der Waals surface area (Å²) in [6, 6.07) is 51.0. The zero-order valence-electron chi connectivity index (χ0n) is 28.0. The van der Waals surface area contributed by atoms with Gasteiger partial charge in [0.1, 0.15) is 0 Å². The predicted molar refractivity (Wildman–Crippen MR) is 196 cm³/mol. The van der Waals surface area contributed by atoms with Gasteiger partial charge in [0.15, 0.2) is 0 Å². The number of hydrogen-bond donors (Lipinski definition) is 0. The Bertz CT molecular complexity index is 2200. The third-order valence-corrected chi connectivity index (χ3v) is 9.22. The van der Waals surface area contributed by atoms with Gasteiger partial charge in [-0.05, 0) is 73.1 Å². The van der Waals surface area contributed by atoms with Crippen molar-refractivity contribution >= 4 is 10.8 Å². The molecule has 0 unspecified atom stereocenters. The minimum atomic E-state index is -0.0814. The largest absolute Gasteiger partial charge is 0.305 e. The Morgan fingerprint density at radius 3 is 2.12 bits per heavy atom. The van der Waals surface area contributed by atoms with E-state index in [1.807, 2.05) is 36.7 Å². The predicted octanol–water partition coefficient (Wildman–Crippen LogP) is 11.5. The third kappa shape index (κ3) is 6.29. The molecule has 0 spiro atoms. The molecule has 2 aromatic heterocycles. The van der Waals surface area contributed by atoms with Crippen LogP contribution in [0.2, 0.25) is 0 Å². The fraction of sp³-hybridized carbons (Fsp3) is 0.156. The molecule has 1 aliphatic rings. The van der Waals surface area contributed by atoms with Crippen LogP contribution in [-0.2, 0) is 30.9 Å². The molecule has 0 atom stereocenters. The van der Waals surface area contributed by atoms with Gasteiger partial charge in [0.2, 0.25) is 0 Å². The van der Waals surface area contributed by atoms with Crippen molar-refractivity contribution < 1.29 is 20.1 Å². The molecule has 0 bridgehead atoms. The van der Waals surface area contributed by atoms with Crippen LogP contribution >= 0.6 is 0 Å². The summed E-state index contributed by atoms with van der Waals surface area (Å²) in [7, 11) is 0. The molecule has 0 amide bonds. The topological polar surface area (TPSA) is 25.8 Å². The number of pyridine rings is 2. The molecule has 8 rings (SSSR count). The van der Waals surface area contributed by atoms with Crippen LogP contribution in [0.5, 0.6) is 0 Å². The molecular weight excluding hydrogens is 761 g/mol. The van der Waals surface area contributed by atoms with E-state index in [4.69, 9.17) is 4.98 Å². The van der Waals surface area contributed by atoms with E-state index in [9.17, 15) is 0 Å². The van der Waals surface area contributed by atoms with Crippen LogP contribution in [0.3, 0.4) is 0 Å². The Morgan fingerprint density at radius 1 is 0.625 bits per heavy atom. The van der Waals surface area contributed by atoms with Crippen molar-refractivity contribution in [3.8, 4) is 44.8 Å². The van der Waals surface area contributed by atoms with E-state index in [0.29, 0.717) is 0 Å². The van der Waals surface area contributed by atoms with Gasteiger partial charge in [-0.3, -0.25) is 0 Å². The molecule has 2 nitrogen and oxygen atoms in total. The summed E-state index contributed by atoms with van der Waals surface area (Å²) < 4.78 is 0. The van der Waals surface area contributed by atoms with E-state index in [0.717, 1.165) is 22.5 Å². The first-order chi connectivity index (χ1) is 22.7. The molecule has 239 valence electrons. The molecule has 5 aromatic carbocycles. The van der Waals surface area contributed by atoms with Gasteiger partial charge < -0.3 is 9.97 Å². The van der Waals surface area contributed by atoms with Crippen molar-refractivity contribution in [1.29, 1.82) is 0 Å². The molecule has 48 heavy (non-hydrogen) atoms. The summed E-state index contributed by atoms with van der Waals surface area (Å²) in [4.78, 5) is 9.27. The van der Waals surface area contributed by atoms with Crippen LogP contribution in [0, 0.1) is 12.1 Å². The summed E-state index contributed by atoms with van der Waals surface area (Å²) in [5.41, 5.74) is 13.2. The van der Waals surface area contributed by atoms with E-state index >= 15 is 0 Å². The van der Waals surface area contributed by atoms with Crippen LogP contribution < -0.4 is 0 Å². The normalized spacial score (nSPS) is 12.7. The van der Waals surface area contributed by atoms with Gasteiger partial charge in [-0.1, -0.05) is 107 Å². The maximum Gasteiger partial charge on any atom is 0.0167 e. The van der Waals surface area contributed by atoms with E-state index in [1.54, 1.807) is 0 Å². The number of nitrogens with zero attached hydrogens (tertiary/aromatic N) is 2. The Labute approximate surface area is 298 Å². The van der Waals surface area contributed by atoms with E-state index < -0.39 is 0 Å². The fourth-order valence-electron chi connectivity index (χ4n) is 6.73. The fourth-order valence-corrected chi connectivity index (χ4v) is 6.73. The first kappa shape index (κ1) is 33.2. The van der Waals surface area contributed by atoms with E-state index in [1.165, 1.54) is 49.7 Å². The summed E-state index contributed by atoms with van der Waals surface area (Å²) in [6.45, 7) is 11.3. The average molecular weight is 799 g/mol. The summed E-state index contributed by atoms with van der Waals surface area (Å²) in [5.74, 6) is 0. The minimum Gasteiger partial charge on any atom is -0.305 e. The molecule has 0 aliphatic heterocycles. The summed E-state index contributed by atoms with van der Waals surface area (Å²) in [5, 5.41) is 2.61. The first-order valence-corrected chi connectivity index (χ1v) is 16.2. The van der Waals surface area contributed by atoms with Gasteiger partial charge in [0.05, 0.1) is 0 Å². The van der Waals surface area contributed by atoms with Crippen molar-refractivity contribution in [3.05, 3.63) is 169 Å². The zero-order valence-corrected chi connectivity index (χ0v) is 30.4. The van der Waals surface area contributed by atoms with Gasteiger partial charge in [-0.15, -0.1) is 71.3 Å². The van der Waals surface area contributed by atoms with Crippen molar-refractivity contribution in [1.82, 2.24) is 9.97 Å². The van der Waals surface area contributed by atoms with Crippen LogP contribution in [-0.4, -0.2) is 9.97 Å². The maximum absolute atomic E-state index is 4.75. The molecular formula is C45H38IrN2-2. The maximum atomic E-state index is 4.75. The summed E-state index contributed by atoms with van der Waals surface area (Å²) >= 11 is 0. The number of aromatic nitrogens is 2. The molecule has 7 aromatic rings. The quantitative estimate of drug-likeness (QED) is 0.166. The second-order valence-corrected chi connectivity index (χ2v) is 13.7. The molecule has 1 aliphatic carbocycles. The van der Waals surface area contributed by atoms with Gasteiger partial charge in [0, 0.05) is 37.9 Å². The number of fused-ring (bicyclic) bond motifs is 5. The summed E-state index contributed by atoms with van der Waals surface area (Å²) in [6.07, 6.45) is 3.82. The van der Waals surface area contributed by atoms with Crippen LogP contribution in [0.1, 0.15) is 51.3 Å². The van der Waals surface area contributed by atoms with Crippen molar-refractivity contribution in [2.75, 3.05) is 0 Å². The van der Waals surface area contributed by atoms with Crippen molar-refractivity contribution in [2.24, 2.45) is 0 Å². The second kappa shape index (κ2) is 13.4. The van der Waals surface area contributed by atoms with Crippen LogP contribution in [0.15, 0.2) is 140 Å². The number of hydrogen-bond acceptors (Lipinski definition) is 2. The Balaban J connectivity index is 0.000000165. The van der Waals surface area contributed by atoms with Crippen molar-refractivity contribution in [2.45, 2.75) is 45.4 Å². The molecule has 0 saturated heterocycles. The Morgan fingerprint density at radius 2 is 1.35 bits per heavy atom. The van der Waals surface area contributed by atoms with Crippen molar-refractivity contribution in [3.63, 3.8) is 0 Å². The first-order valence-electron chi connectivity index (χ1n) is 16.2. The minimum absolute atomic E-state index is 0. The number of rotatable bonds is 3. The molecule has 0 N–H and O–H groups in total.